The molecule has 0 saturated carbocycles. The number of carbonyl (C=O) groups excluding carboxylic acids is 2. The van der Waals surface area contributed by atoms with Gasteiger partial charge in [0.1, 0.15) is 0 Å². The zero-order valence-electron chi connectivity index (χ0n) is 13.4. The Hall–Kier alpha value is -1.79. The van der Waals surface area contributed by atoms with Crippen LogP contribution in [-0.2, 0) is 9.59 Å². The fourth-order valence-electron chi connectivity index (χ4n) is 2.46. The molecule has 1 aliphatic heterocycles. The first-order chi connectivity index (χ1) is 10.4. The summed E-state index contributed by atoms with van der Waals surface area (Å²) in [6, 6.07) is -0.0651. The topological polar surface area (TPSA) is 98.7 Å². The molecule has 126 valence electrons. The van der Waals surface area contributed by atoms with E-state index in [4.69, 9.17) is 5.11 Å². The first kappa shape index (κ1) is 18.3. The maximum atomic E-state index is 12.0. The molecule has 3 amide bonds. The van der Waals surface area contributed by atoms with E-state index in [1.807, 2.05) is 13.8 Å². The molecule has 1 aliphatic rings. The Bertz CT molecular complexity index is 398. The number of amides is 3. The Balaban J connectivity index is 2.31. The van der Waals surface area contributed by atoms with Crippen molar-refractivity contribution in [2.75, 3.05) is 26.2 Å². The molecule has 7 heteroatoms. The van der Waals surface area contributed by atoms with Crippen LogP contribution in [0.15, 0.2) is 0 Å². The molecular formula is C15H27N3O4. The zero-order valence-corrected chi connectivity index (χ0v) is 13.4. The van der Waals surface area contributed by atoms with Crippen LogP contribution in [-0.4, -0.2) is 54.1 Å². The van der Waals surface area contributed by atoms with E-state index in [0.717, 1.165) is 19.4 Å². The Morgan fingerprint density at radius 3 is 2.64 bits per heavy atom. The zero-order chi connectivity index (χ0) is 16.5. The van der Waals surface area contributed by atoms with Crippen molar-refractivity contribution in [3.05, 3.63) is 0 Å². The van der Waals surface area contributed by atoms with E-state index < -0.39 is 5.97 Å². The molecule has 0 spiro atoms. The van der Waals surface area contributed by atoms with Crippen LogP contribution < -0.4 is 10.6 Å². The van der Waals surface area contributed by atoms with Gasteiger partial charge in [0.15, 0.2) is 0 Å². The summed E-state index contributed by atoms with van der Waals surface area (Å²) in [7, 11) is 0. The van der Waals surface area contributed by atoms with Crippen LogP contribution in [0.2, 0.25) is 0 Å². The predicted octanol–water partition coefficient (Wildman–Crippen LogP) is 1.05. The van der Waals surface area contributed by atoms with Crippen molar-refractivity contribution in [3.63, 3.8) is 0 Å². The summed E-state index contributed by atoms with van der Waals surface area (Å²) in [5, 5.41) is 14.0. The lowest BCUT2D eigenvalue weighted by Crippen LogP contribution is -2.47. The van der Waals surface area contributed by atoms with Crippen molar-refractivity contribution in [1.82, 2.24) is 15.5 Å². The number of hydrogen-bond acceptors (Lipinski definition) is 3. The van der Waals surface area contributed by atoms with Crippen molar-refractivity contribution >= 4 is 17.9 Å². The highest BCUT2D eigenvalue weighted by molar-refractivity contribution is 5.77. The smallest absolute Gasteiger partial charge is 0.317 e. The van der Waals surface area contributed by atoms with Crippen molar-refractivity contribution in [2.45, 2.75) is 39.5 Å². The number of carbonyl (C=O) groups is 3. The standard InChI is InChI=1S/C15H27N3O4/c1-11(2)9-17-15(22)18-7-3-4-12(10-18)8-13(19)16-6-5-14(20)21/h11-12H,3-10H2,1-2H3,(H,16,19)(H,17,22)(H,20,21). The van der Waals surface area contributed by atoms with Gasteiger partial charge in [0.25, 0.3) is 0 Å². The van der Waals surface area contributed by atoms with E-state index >= 15 is 0 Å². The highest BCUT2D eigenvalue weighted by Gasteiger charge is 2.25. The molecule has 1 unspecified atom stereocenters. The molecule has 1 rings (SSSR count). The van der Waals surface area contributed by atoms with E-state index in [1.165, 1.54) is 0 Å². The molecule has 22 heavy (non-hydrogen) atoms. The maximum absolute atomic E-state index is 12.0. The molecule has 1 heterocycles. The molecule has 0 radical (unpaired) electrons. The van der Waals surface area contributed by atoms with Crippen LogP contribution in [0.3, 0.4) is 0 Å². The van der Waals surface area contributed by atoms with Gasteiger partial charge in [-0.2, -0.15) is 0 Å². The van der Waals surface area contributed by atoms with Gasteiger partial charge in [0.2, 0.25) is 5.91 Å². The molecule has 1 atom stereocenters. The third kappa shape index (κ3) is 7.28. The van der Waals surface area contributed by atoms with Crippen molar-refractivity contribution in [3.8, 4) is 0 Å². The number of nitrogens with one attached hydrogen (secondary N) is 2. The highest BCUT2D eigenvalue weighted by atomic mass is 16.4. The van der Waals surface area contributed by atoms with E-state index in [9.17, 15) is 14.4 Å². The average Bonchev–Trinajstić information content (AvgIpc) is 2.44. The summed E-state index contributed by atoms with van der Waals surface area (Å²) in [5.74, 6) is -0.519. The molecule has 0 aromatic carbocycles. The Labute approximate surface area is 131 Å². The Morgan fingerprint density at radius 2 is 2.00 bits per heavy atom. The number of urea groups is 1. The van der Waals surface area contributed by atoms with Crippen LogP contribution in [0, 0.1) is 11.8 Å². The lowest BCUT2D eigenvalue weighted by atomic mass is 9.94. The summed E-state index contributed by atoms with van der Waals surface area (Å²) in [4.78, 5) is 36.0. The van der Waals surface area contributed by atoms with Gasteiger partial charge in [-0.15, -0.1) is 0 Å². The number of rotatable bonds is 7. The minimum atomic E-state index is -0.925. The Morgan fingerprint density at radius 1 is 1.27 bits per heavy atom. The summed E-state index contributed by atoms with van der Waals surface area (Å²) in [6.45, 7) is 6.19. The number of carboxylic acid groups (broad SMARTS) is 1. The van der Waals surface area contributed by atoms with E-state index in [2.05, 4.69) is 10.6 Å². The molecular weight excluding hydrogens is 286 g/mol. The lowest BCUT2D eigenvalue weighted by Gasteiger charge is -2.32. The quantitative estimate of drug-likeness (QED) is 0.654. The molecule has 0 aliphatic carbocycles. The van der Waals surface area contributed by atoms with Gasteiger partial charge < -0.3 is 20.6 Å². The van der Waals surface area contributed by atoms with E-state index in [0.29, 0.717) is 25.4 Å². The number of piperidine rings is 1. The van der Waals surface area contributed by atoms with E-state index in [1.54, 1.807) is 4.90 Å². The monoisotopic (exact) mass is 313 g/mol. The SMILES string of the molecule is CC(C)CNC(=O)N1CCCC(CC(=O)NCCC(=O)O)C1. The second-order valence-electron chi connectivity index (χ2n) is 6.23. The summed E-state index contributed by atoms with van der Waals surface area (Å²) in [6.07, 6.45) is 2.08. The van der Waals surface area contributed by atoms with Gasteiger partial charge in [-0.25, -0.2) is 4.79 Å². The van der Waals surface area contributed by atoms with Crippen molar-refractivity contribution in [2.24, 2.45) is 11.8 Å². The van der Waals surface area contributed by atoms with Crippen LogP contribution in [0.25, 0.3) is 0 Å². The normalized spacial score (nSPS) is 18.1. The Kier molecular flexibility index (Phi) is 7.70. The largest absolute Gasteiger partial charge is 0.481 e. The molecule has 1 saturated heterocycles. The van der Waals surface area contributed by atoms with Gasteiger partial charge in [0.05, 0.1) is 6.42 Å². The first-order valence-corrected chi connectivity index (χ1v) is 7.89. The van der Waals surface area contributed by atoms with Crippen LogP contribution in [0.1, 0.15) is 39.5 Å². The highest BCUT2D eigenvalue weighted by Crippen LogP contribution is 2.19. The molecule has 0 bridgehead atoms. The van der Waals surface area contributed by atoms with Crippen molar-refractivity contribution in [1.29, 1.82) is 0 Å². The summed E-state index contributed by atoms with van der Waals surface area (Å²) in [5.41, 5.74) is 0. The maximum Gasteiger partial charge on any atom is 0.317 e. The fraction of sp³-hybridized carbons (Fsp3) is 0.800. The number of aliphatic carboxylic acids is 1. The first-order valence-electron chi connectivity index (χ1n) is 7.89. The second-order valence-corrected chi connectivity index (χ2v) is 6.23. The minimum Gasteiger partial charge on any atom is -0.481 e. The second kappa shape index (κ2) is 9.27. The summed E-state index contributed by atoms with van der Waals surface area (Å²) < 4.78 is 0. The molecule has 0 aromatic heterocycles. The van der Waals surface area contributed by atoms with Gasteiger partial charge in [-0.05, 0) is 24.7 Å². The number of hydrogen-bond donors (Lipinski definition) is 3. The molecule has 1 fully saturated rings. The lowest BCUT2D eigenvalue weighted by molar-refractivity contribution is -0.136. The number of carboxylic acids is 1. The van der Waals surface area contributed by atoms with Gasteiger partial charge in [-0.3, -0.25) is 9.59 Å². The van der Waals surface area contributed by atoms with Crippen LogP contribution in [0.4, 0.5) is 4.79 Å². The average molecular weight is 313 g/mol. The van der Waals surface area contributed by atoms with Gasteiger partial charge in [0, 0.05) is 32.6 Å². The van der Waals surface area contributed by atoms with Gasteiger partial charge >= 0.3 is 12.0 Å². The van der Waals surface area contributed by atoms with Crippen molar-refractivity contribution < 1.29 is 19.5 Å². The third-order valence-corrected chi connectivity index (χ3v) is 3.60. The molecule has 7 nitrogen and oxygen atoms in total. The fourth-order valence-corrected chi connectivity index (χ4v) is 2.46. The third-order valence-electron chi connectivity index (χ3n) is 3.60. The molecule has 3 N–H and O–H groups in total. The van der Waals surface area contributed by atoms with Crippen LogP contribution in [0.5, 0.6) is 0 Å². The van der Waals surface area contributed by atoms with E-state index in [-0.39, 0.29) is 30.8 Å². The predicted molar refractivity (Wildman–Crippen MR) is 82.4 cm³/mol. The summed E-state index contributed by atoms with van der Waals surface area (Å²) >= 11 is 0. The number of likely N-dealkylation sites (tertiary alicyclic amines) is 1. The minimum absolute atomic E-state index is 0.0651. The number of nitrogens with zero attached hydrogens (tertiary/aromatic N) is 1. The molecule has 0 aromatic rings. The van der Waals surface area contributed by atoms with Crippen LogP contribution >= 0.6 is 0 Å². The van der Waals surface area contributed by atoms with Gasteiger partial charge in [-0.1, -0.05) is 13.8 Å².